The molecule has 0 aliphatic carbocycles. The van der Waals surface area contributed by atoms with Crippen molar-refractivity contribution in [3.05, 3.63) is 89.0 Å². The van der Waals surface area contributed by atoms with Gasteiger partial charge in [0.2, 0.25) is 5.91 Å². The second kappa shape index (κ2) is 11.7. The lowest BCUT2D eigenvalue weighted by molar-refractivity contribution is -0.126. The first kappa shape index (κ1) is 28.8. The van der Waals surface area contributed by atoms with Gasteiger partial charge in [-0.3, -0.25) is 9.59 Å². The molecule has 0 spiro atoms. The highest BCUT2D eigenvalue weighted by Crippen LogP contribution is 2.40. The van der Waals surface area contributed by atoms with E-state index in [0.717, 1.165) is 16.7 Å². The molecule has 3 aromatic rings. The Morgan fingerprint density at radius 3 is 1.92 bits per heavy atom. The van der Waals surface area contributed by atoms with E-state index in [4.69, 9.17) is 4.74 Å². The van der Waals surface area contributed by atoms with Gasteiger partial charge in [0.15, 0.2) is 0 Å². The molecule has 0 saturated carbocycles. The predicted octanol–water partition coefficient (Wildman–Crippen LogP) is 6.42. The van der Waals surface area contributed by atoms with Crippen molar-refractivity contribution in [3.63, 3.8) is 0 Å². The first-order chi connectivity index (χ1) is 17.8. The zero-order chi connectivity index (χ0) is 28.1. The Bertz CT molecular complexity index is 1220. The summed E-state index contributed by atoms with van der Waals surface area (Å²) in [6.45, 7) is 12.4. The van der Waals surface area contributed by atoms with Crippen LogP contribution < -0.4 is 15.4 Å². The van der Waals surface area contributed by atoms with Crippen LogP contribution in [0.1, 0.15) is 76.3 Å². The topological polar surface area (TPSA) is 87.7 Å². The van der Waals surface area contributed by atoms with E-state index in [0.29, 0.717) is 29.2 Å². The van der Waals surface area contributed by atoms with Crippen molar-refractivity contribution in [2.75, 3.05) is 12.4 Å². The van der Waals surface area contributed by atoms with Crippen LogP contribution in [0.5, 0.6) is 11.5 Å². The molecule has 0 bridgehead atoms. The van der Waals surface area contributed by atoms with Crippen molar-refractivity contribution in [2.24, 2.45) is 0 Å². The van der Waals surface area contributed by atoms with Crippen molar-refractivity contribution in [1.29, 1.82) is 0 Å². The number of ether oxygens (including phenoxy) is 1. The summed E-state index contributed by atoms with van der Waals surface area (Å²) < 4.78 is 5.18. The van der Waals surface area contributed by atoms with Crippen molar-refractivity contribution < 1.29 is 19.4 Å². The van der Waals surface area contributed by atoms with Gasteiger partial charge >= 0.3 is 0 Å². The van der Waals surface area contributed by atoms with Crippen LogP contribution in [0.4, 0.5) is 5.69 Å². The molecule has 1 atom stereocenters. The molecule has 0 radical (unpaired) electrons. The molecule has 1 unspecified atom stereocenters. The van der Waals surface area contributed by atoms with Gasteiger partial charge in [-0.25, -0.2) is 0 Å². The Morgan fingerprint density at radius 1 is 0.868 bits per heavy atom. The van der Waals surface area contributed by atoms with E-state index in [2.05, 4.69) is 52.2 Å². The fourth-order valence-electron chi connectivity index (χ4n) is 4.31. The SMILES string of the molecule is COc1ccc(NC(=O)C(NC(=O)CCc2cc(C(C)(C)C)c(O)c(C(C)(C)C)c2)c2ccccc2)cc1. The number of phenolic OH excluding ortho intramolecular Hbond substituents is 1. The highest BCUT2D eigenvalue weighted by atomic mass is 16.5. The number of hydrogen-bond donors (Lipinski definition) is 3. The van der Waals surface area contributed by atoms with Gasteiger partial charge < -0.3 is 20.5 Å². The zero-order valence-electron chi connectivity index (χ0n) is 23.5. The Hall–Kier alpha value is -3.80. The molecule has 0 fully saturated rings. The van der Waals surface area contributed by atoms with Crippen LogP contribution in [-0.4, -0.2) is 24.0 Å². The summed E-state index contributed by atoms with van der Waals surface area (Å²) in [5.41, 5.74) is 3.51. The first-order valence-electron chi connectivity index (χ1n) is 13.0. The predicted molar refractivity (Wildman–Crippen MR) is 153 cm³/mol. The highest BCUT2D eigenvalue weighted by Gasteiger charge is 2.27. The van der Waals surface area contributed by atoms with E-state index >= 15 is 0 Å². The molecular weight excluding hydrogens is 476 g/mol. The molecule has 3 rings (SSSR count). The molecule has 0 heterocycles. The van der Waals surface area contributed by atoms with Gasteiger partial charge in [0.1, 0.15) is 17.5 Å². The molecule has 6 nitrogen and oxygen atoms in total. The second-order valence-electron chi connectivity index (χ2n) is 11.7. The highest BCUT2D eigenvalue weighted by molar-refractivity contribution is 5.98. The number of amides is 2. The van der Waals surface area contributed by atoms with Crippen LogP contribution in [0.2, 0.25) is 0 Å². The number of carbonyl (C=O) groups is 2. The number of carbonyl (C=O) groups excluding carboxylic acids is 2. The molecule has 0 saturated heterocycles. The quantitative estimate of drug-likeness (QED) is 0.322. The minimum atomic E-state index is -0.846. The molecular formula is C32H40N2O4. The lowest BCUT2D eigenvalue weighted by Gasteiger charge is -2.28. The molecule has 2 amide bonds. The number of anilines is 1. The summed E-state index contributed by atoms with van der Waals surface area (Å²) >= 11 is 0. The third-order valence-corrected chi connectivity index (χ3v) is 6.48. The lowest BCUT2D eigenvalue weighted by atomic mass is 9.78. The molecule has 0 aromatic heterocycles. The maximum absolute atomic E-state index is 13.2. The van der Waals surface area contributed by atoms with Crippen molar-refractivity contribution >= 4 is 17.5 Å². The number of nitrogens with one attached hydrogen (secondary N) is 2. The summed E-state index contributed by atoms with van der Waals surface area (Å²) in [4.78, 5) is 26.4. The van der Waals surface area contributed by atoms with Crippen molar-refractivity contribution in [2.45, 2.75) is 71.3 Å². The van der Waals surface area contributed by atoms with E-state index in [9.17, 15) is 14.7 Å². The Morgan fingerprint density at radius 2 is 1.42 bits per heavy atom. The van der Waals surface area contributed by atoms with E-state index in [-0.39, 0.29) is 29.1 Å². The molecule has 0 aliphatic heterocycles. The van der Waals surface area contributed by atoms with Gasteiger partial charge in [0.25, 0.3) is 5.91 Å². The van der Waals surface area contributed by atoms with Crippen molar-refractivity contribution in [1.82, 2.24) is 5.32 Å². The number of aromatic hydroxyl groups is 1. The average Bonchev–Trinajstić information content (AvgIpc) is 2.86. The third-order valence-electron chi connectivity index (χ3n) is 6.48. The molecule has 202 valence electrons. The molecule has 0 aliphatic rings. The third kappa shape index (κ3) is 7.37. The number of hydrogen-bond acceptors (Lipinski definition) is 4. The summed E-state index contributed by atoms with van der Waals surface area (Å²) in [7, 11) is 1.58. The van der Waals surface area contributed by atoms with Gasteiger partial charge in [-0.1, -0.05) is 84.0 Å². The number of benzene rings is 3. The zero-order valence-corrected chi connectivity index (χ0v) is 23.5. The lowest BCUT2D eigenvalue weighted by Crippen LogP contribution is -2.37. The van der Waals surface area contributed by atoms with E-state index in [1.165, 1.54) is 0 Å². The monoisotopic (exact) mass is 516 g/mol. The normalized spacial score (nSPS) is 12.5. The summed E-state index contributed by atoms with van der Waals surface area (Å²) in [5.74, 6) is 0.447. The van der Waals surface area contributed by atoms with Crippen LogP contribution in [0.3, 0.4) is 0 Å². The van der Waals surface area contributed by atoms with Crippen LogP contribution in [-0.2, 0) is 26.8 Å². The molecule has 6 heteroatoms. The fourth-order valence-corrected chi connectivity index (χ4v) is 4.31. The summed E-state index contributed by atoms with van der Waals surface area (Å²) in [5, 5.41) is 16.8. The largest absolute Gasteiger partial charge is 0.507 e. The maximum atomic E-state index is 13.2. The van der Waals surface area contributed by atoms with Gasteiger partial charge in [0.05, 0.1) is 7.11 Å². The Labute approximate surface area is 226 Å². The minimum absolute atomic E-state index is 0.205. The van der Waals surface area contributed by atoms with Crippen LogP contribution in [0, 0.1) is 0 Å². The fraction of sp³-hybridized carbons (Fsp3) is 0.375. The van der Waals surface area contributed by atoms with Crippen molar-refractivity contribution in [3.8, 4) is 11.5 Å². The standard InChI is InChI=1S/C32H40N2O4/c1-31(2,3)25-19-21(20-26(29(25)36)32(4,5)6)13-18-27(35)34-28(22-11-9-8-10-12-22)30(37)33-23-14-16-24(38-7)17-15-23/h8-12,14-17,19-20,28,36H,13,18H2,1-7H3,(H,33,37)(H,34,35). The van der Waals surface area contributed by atoms with Gasteiger partial charge in [-0.2, -0.15) is 0 Å². The molecule has 3 N–H and O–H groups in total. The Kier molecular flexibility index (Phi) is 8.87. The van der Waals surface area contributed by atoms with E-state index in [1.54, 1.807) is 31.4 Å². The molecule has 3 aromatic carbocycles. The first-order valence-corrected chi connectivity index (χ1v) is 13.0. The summed E-state index contributed by atoms with van der Waals surface area (Å²) in [6, 6.07) is 19.4. The number of methoxy groups -OCH3 is 1. The van der Waals surface area contributed by atoms with E-state index in [1.807, 2.05) is 42.5 Å². The van der Waals surface area contributed by atoms with Gasteiger partial charge in [0, 0.05) is 12.1 Å². The number of phenols is 1. The Balaban J connectivity index is 1.79. The summed E-state index contributed by atoms with van der Waals surface area (Å²) in [6.07, 6.45) is 0.691. The number of aryl methyl sites for hydroxylation is 1. The van der Waals surface area contributed by atoms with Crippen LogP contribution in [0.25, 0.3) is 0 Å². The average molecular weight is 517 g/mol. The van der Waals surface area contributed by atoms with Crippen LogP contribution in [0.15, 0.2) is 66.7 Å². The minimum Gasteiger partial charge on any atom is -0.507 e. The smallest absolute Gasteiger partial charge is 0.251 e. The molecule has 38 heavy (non-hydrogen) atoms. The number of rotatable bonds is 8. The van der Waals surface area contributed by atoms with Crippen LogP contribution >= 0.6 is 0 Å². The van der Waals surface area contributed by atoms with E-state index < -0.39 is 6.04 Å². The van der Waals surface area contributed by atoms with Gasteiger partial charge in [-0.15, -0.1) is 0 Å². The second-order valence-corrected chi connectivity index (χ2v) is 11.7. The maximum Gasteiger partial charge on any atom is 0.251 e. The van der Waals surface area contributed by atoms with Gasteiger partial charge in [-0.05, 0) is 63.8 Å².